The number of ether oxygens (including phenoxy) is 2. The van der Waals surface area contributed by atoms with Crippen molar-refractivity contribution in [2.24, 2.45) is 0 Å². The second kappa shape index (κ2) is 9.82. The van der Waals surface area contributed by atoms with Gasteiger partial charge >= 0.3 is 6.03 Å². The molecule has 0 aliphatic carbocycles. The van der Waals surface area contributed by atoms with Crippen LogP contribution in [0, 0.1) is 5.82 Å². The Bertz CT molecular complexity index is 1010. The first kappa shape index (κ1) is 23.3. The minimum atomic E-state index is -1.29. The van der Waals surface area contributed by atoms with Gasteiger partial charge in [0.2, 0.25) is 0 Å². The molecule has 170 valence electrons. The maximum atomic E-state index is 13.3. The summed E-state index contributed by atoms with van der Waals surface area (Å²) in [5.41, 5.74) is 0.129. The van der Waals surface area contributed by atoms with Crippen molar-refractivity contribution in [3.05, 3.63) is 65.5 Å². The molecular weight excluding hydrogens is 415 g/mol. The van der Waals surface area contributed by atoms with Crippen LogP contribution in [0.1, 0.15) is 31.4 Å². The zero-order chi connectivity index (χ0) is 23.3. The average Bonchev–Trinajstić information content (AvgIpc) is 3.03. The number of nitrogens with one attached hydrogen (secondary N) is 1. The van der Waals surface area contributed by atoms with E-state index >= 15 is 0 Å². The molecule has 3 amide bonds. The largest absolute Gasteiger partial charge is 0.493 e. The quantitative estimate of drug-likeness (QED) is 0.581. The monoisotopic (exact) mass is 442 g/mol. The van der Waals surface area contributed by atoms with E-state index in [1.165, 1.54) is 31.4 Å². The van der Waals surface area contributed by atoms with Gasteiger partial charge in [-0.25, -0.2) is 9.18 Å². The number of urea groups is 1. The lowest BCUT2D eigenvalue weighted by molar-refractivity contribution is -0.133. The van der Waals surface area contributed by atoms with Crippen molar-refractivity contribution in [2.45, 2.75) is 31.9 Å². The Kier molecular flexibility index (Phi) is 7.15. The summed E-state index contributed by atoms with van der Waals surface area (Å²) in [5.74, 6) is 0.00893. The highest BCUT2D eigenvalue weighted by Crippen LogP contribution is 2.33. The molecule has 32 heavy (non-hydrogen) atoms. The first-order chi connectivity index (χ1) is 15.3. The van der Waals surface area contributed by atoms with Gasteiger partial charge in [-0.15, -0.1) is 0 Å². The molecule has 7 nitrogen and oxygen atoms in total. The number of hydrogen-bond donors (Lipinski definition) is 2. The van der Waals surface area contributed by atoms with Crippen LogP contribution in [0.5, 0.6) is 11.5 Å². The van der Waals surface area contributed by atoms with Gasteiger partial charge in [0, 0.05) is 0 Å². The summed E-state index contributed by atoms with van der Waals surface area (Å²) >= 11 is 0. The highest BCUT2D eigenvalue weighted by atomic mass is 19.1. The molecule has 1 aliphatic heterocycles. The van der Waals surface area contributed by atoms with E-state index in [9.17, 15) is 19.1 Å². The van der Waals surface area contributed by atoms with Crippen molar-refractivity contribution in [2.75, 3.05) is 20.3 Å². The molecule has 2 atom stereocenters. The third-order valence-electron chi connectivity index (χ3n) is 5.41. The van der Waals surface area contributed by atoms with Gasteiger partial charge in [0.05, 0.1) is 13.7 Å². The number of halogens is 1. The molecule has 3 rings (SSSR count). The third-order valence-corrected chi connectivity index (χ3v) is 5.41. The van der Waals surface area contributed by atoms with Gasteiger partial charge in [-0.1, -0.05) is 37.3 Å². The van der Waals surface area contributed by atoms with Gasteiger partial charge in [-0.05, 0) is 48.7 Å². The van der Waals surface area contributed by atoms with Crippen molar-refractivity contribution in [3.8, 4) is 11.5 Å². The van der Waals surface area contributed by atoms with Crippen LogP contribution in [-0.4, -0.2) is 48.3 Å². The van der Waals surface area contributed by atoms with E-state index in [1.54, 1.807) is 19.1 Å². The van der Waals surface area contributed by atoms with Gasteiger partial charge < -0.3 is 19.9 Å². The average molecular weight is 442 g/mol. The van der Waals surface area contributed by atoms with E-state index < -0.39 is 29.4 Å². The van der Waals surface area contributed by atoms with Gasteiger partial charge in [-0.3, -0.25) is 9.69 Å². The first-order valence-electron chi connectivity index (χ1n) is 10.4. The number of aliphatic hydroxyl groups is 1. The van der Waals surface area contributed by atoms with Gasteiger partial charge in [0.15, 0.2) is 11.5 Å². The number of carbonyl (C=O) groups excluding carboxylic acids is 2. The Morgan fingerprint density at radius 1 is 1.19 bits per heavy atom. The number of methoxy groups -OCH3 is 1. The van der Waals surface area contributed by atoms with Gasteiger partial charge in [0.25, 0.3) is 5.91 Å². The van der Waals surface area contributed by atoms with Gasteiger partial charge in [0.1, 0.15) is 24.1 Å². The summed E-state index contributed by atoms with van der Waals surface area (Å²) in [6, 6.07) is 10.2. The molecule has 1 saturated heterocycles. The molecule has 1 fully saturated rings. The predicted molar refractivity (Wildman–Crippen MR) is 118 cm³/mol. The molecule has 1 aliphatic rings. The van der Waals surface area contributed by atoms with Crippen LogP contribution in [0.3, 0.4) is 0 Å². The van der Waals surface area contributed by atoms with Crippen LogP contribution in [-0.2, 0) is 10.3 Å². The number of β-amino-alcohol motifs (C(OH)–C–C–N with tert-alkyl or cyclic N) is 1. The summed E-state index contributed by atoms with van der Waals surface area (Å²) in [5, 5.41) is 13.2. The maximum absolute atomic E-state index is 13.3. The Labute approximate surface area is 186 Å². The lowest BCUT2D eigenvalue weighted by Crippen LogP contribution is -2.44. The number of allylic oxidation sites excluding steroid dienone is 1. The Hall–Kier alpha value is -3.39. The molecule has 0 saturated carbocycles. The van der Waals surface area contributed by atoms with Crippen LogP contribution < -0.4 is 14.8 Å². The molecule has 2 N–H and O–H groups in total. The van der Waals surface area contributed by atoms with Crippen LogP contribution in [0.15, 0.2) is 48.5 Å². The molecule has 1 heterocycles. The van der Waals surface area contributed by atoms with Crippen LogP contribution >= 0.6 is 0 Å². The van der Waals surface area contributed by atoms with E-state index in [2.05, 4.69) is 5.32 Å². The fourth-order valence-corrected chi connectivity index (χ4v) is 3.71. The second-order valence-corrected chi connectivity index (χ2v) is 7.49. The summed E-state index contributed by atoms with van der Waals surface area (Å²) in [6.07, 6.45) is 2.98. The fourth-order valence-electron chi connectivity index (χ4n) is 3.71. The minimum Gasteiger partial charge on any atom is -0.493 e. The van der Waals surface area contributed by atoms with Crippen LogP contribution in [0.25, 0.3) is 6.08 Å². The van der Waals surface area contributed by atoms with Gasteiger partial charge in [-0.2, -0.15) is 0 Å². The highest BCUT2D eigenvalue weighted by molar-refractivity contribution is 6.07. The first-order valence-corrected chi connectivity index (χ1v) is 10.4. The number of nitrogens with zero attached hydrogens (tertiary/aromatic N) is 1. The lowest BCUT2D eigenvalue weighted by Gasteiger charge is -2.26. The van der Waals surface area contributed by atoms with E-state index in [4.69, 9.17) is 9.47 Å². The Balaban J connectivity index is 1.69. The zero-order valence-corrected chi connectivity index (χ0v) is 18.3. The number of carbonyl (C=O) groups is 2. The zero-order valence-electron chi connectivity index (χ0n) is 18.3. The number of hydrogen-bond acceptors (Lipinski definition) is 5. The summed E-state index contributed by atoms with van der Waals surface area (Å²) in [4.78, 5) is 26.6. The second-order valence-electron chi connectivity index (χ2n) is 7.49. The molecule has 2 aromatic rings. The van der Waals surface area contributed by atoms with E-state index in [1.807, 2.05) is 25.1 Å². The molecule has 8 heteroatoms. The standard InChI is InChI=1S/C24H27FN2O5/c1-4-6-16-7-12-20(21(13-16)31-3)32-15-19(28)14-27-22(29)24(5-2,26-23(27)30)17-8-10-18(25)11-9-17/h4,6-13,19,28H,5,14-15H2,1-3H3,(H,26,30)/b6-4+. The topological polar surface area (TPSA) is 88.1 Å². The number of aliphatic hydroxyl groups excluding tert-OH is 1. The minimum absolute atomic E-state index is 0.147. The molecule has 0 radical (unpaired) electrons. The third kappa shape index (κ3) is 4.60. The SMILES string of the molecule is C/C=C/c1ccc(OCC(O)CN2C(=O)NC(CC)(c3ccc(F)cc3)C2=O)c(OC)c1. The number of benzene rings is 2. The molecule has 0 bridgehead atoms. The van der Waals surface area contributed by atoms with Crippen LogP contribution in [0.4, 0.5) is 9.18 Å². The smallest absolute Gasteiger partial charge is 0.325 e. The van der Waals surface area contributed by atoms with Crippen LogP contribution in [0.2, 0.25) is 0 Å². The lowest BCUT2D eigenvalue weighted by atomic mass is 9.87. The number of amides is 3. The van der Waals surface area contributed by atoms with Crippen molar-refractivity contribution >= 4 is 18.0 Å². The van der Waals surface area contributed by atoms with Crippen molar-refractivity contribution in [1.29, 1.82) is 0 Å². The predicted octanol–water partition coefficient (Wildman–Crippen LogP) is 3.46. The van der Waals surface area contributed by atoms with E-state index in [0.29, 0.717) is 17.1 Å². The number of rotatable bonds is 9. The van der Waals surface area contributed by atoms with E-state index in [-0.39, 0.29) is 19.6 Å². The Morgan fingerprint density at radius 3 is 2.53 bits per heavy atom. The fraction of sp³-hybridized carbons (Fsp3) is 0.333. The highest BCUT2D eigenvalue weighted by Gasteiger charge is 2.51. The summed E-state index contributed by atoms with van der Waals surface area (Å²) in [7, 11) is 1.52. The molecule has 0 spiro atoms. The molecule has 0 aromatic heterocycles. The van der Waals surface area contributed by atoms with Crippen molar-refractivity contribution in [3.63, 3.8) is 0 Å². The van der Waals surface area contributed by atoms with Crippen molar-refractivity contribution in [1.82, 2.24) is 10.2 Å². The maximum Gasteiger partial charge on any atom is 0.325 e. The number of imide groups is 1. The van der Waals surface area contributed by atoms with E-state index in [0.717, 1.165) is 10.5 Å². The molecule has 2 unspecified atom stereocenters. The Morgan fingerprint density at radius 2 is 1.91 bits per heavy atom. The van der Waals surface area contributed by atoms with Crippen molar-refractivity contribution < 1.29 is 28.6 Å². The normalized spacial score (nSPS) is 19.3. The summed E-state index contributed by atoms with van der Waals surface area (Å²) in [6.45, 7) is 3.28. The molecular formula is C24H27FN2O5. The molecule has 2 aromatic carbocycles. The summed E-state index contributed by atoms with van der Waals surface area (Å²) < 4.78 is 24.3.